The molecule has 1 saturated heterocycles. The lowest BCUT2D eigenvalue weighted by Gasteiger charge is -2.27. The van der Waals surface area contributed by atoms with E-state index in [1.165, 1.54) is 5.56 Å². The van der Waals surface area contributed by atoms with Crippen molar-refractivity contribution in [3.63, 3.8) is 0 Å². The molecular weight excluding hydrogens is 218 g/mol. The van der Waals surface area contributed by atoms with Crippen LogP contribution in [0.15, 0.2) is 30.3 Å². The lowest BCUT2D eigenvalue weighted by Crippen LogP contribution is -2.40. The van der Waals surface area contributed by atoms with E-state index in [9.17, 15) is 0 Å². The Hall–Kier alpha value is -1.09. The van der Waals surface area contributed by atoms with Gasteiger partial charge >= 0.3 is 0 Å². The van der Waals surface area contributed by atoms with E-state index in [2.05, 4.69) is 43.0 Å². The molecule has 1 fully saturated rings. The molecule has 0 aromatic heterocycles. The maximum absolute atomic E-state index is 5.47. The molecule has 1 aliphatic rings. The molecule has 0 N–H and O–H groups in total. The Bertz CT molecular complexity index is 363. The lowest BCUT2D eigenvalue weighted by molar-refractivity contribution is 0.280. The summed E-state index contributed by atoms with van der Waals surface area (Å²) in [6.45, 7) is 5.02. The highest BCUT2D eigenvalue weighted by Crippen LogP contribution is 2.19. The topological polar surface area (TPSA) is 12.5 Å². The van der Waals surface area contributed by atoms with Crippen LogP contribution in [0.5, 0.6) is 0 Å². The molecule has 2 nitrogen and oxygen atoms in total. The van der Waals surface area contributed by atoms with E-state index < -0.39 is 0 Å². The minimum atomic E-state index is 0.384. The molecule has 0 spiro atoms. The zero-order valence-electron chi connectivity index (χ0n) is 9.72. The van der Waals surface area contributed by atoms with Gasteiger partial charge in [0.15, 0.2) is 0 Å². The fourth-order valence-electron chi connectivity index (χ4n) is 2.15. The van der Waals surface area contributed by atoms with Crippen LogP contribution in [0.1, 0.15) is 19.4 Å². The highest BCUT2D eigenvalue weighted by atomic mass is 32.1. The molecule has 0 bridgehead atoms. The van der Waals surface area contributed by atoms with Gasteiger partial charge in [0.1, 0.15) is 6.61 Å². The monoisotopic (exact) mass is 235 g/mol. The average molecular weight is 235 g/mol. The van der Waals surface area contributed by atoms with Crippen molar-refractivity contribution in [1.29, 1.82) is 0 Å². The van der Waals surface area contributed by atoms with Crippen molar-refractivity contribution in [1.82, 2.24) is 4.90 Å². The summed E-state index contributed by atoms with van der Waals surface area (Å²) in [5.74, 6) is 0. The molecule has 1 aliphatic heterocycles. The van der Waals surface area contributed by atoms with Crippen LogP contribution < -0.4 is 0 Å². The van der Waals surface area contributed by atoms with Crippen molar-refractivity contribution in [2.24, 2.45) is 0 Å². The van der Waals surface area contributed by atoms with Crippen molar-refractivity contribution in [3.8, 4) is 0 Å². The Morgan fingerprint density at radius 2 is 2.06 bits per heavy atom. The summed E-state index contributed by atoms with van der Waals surface area (Å²) in [4.78, 5) is 2.20. The zero-order chi connectivity index (χ0) is 11.5. The fourth-order valence-corrected chi connectivity index (χ4v) is 2.58. The quantitative estimate of drug-likeness (QED) is 0.747. The highest BCUT2D eigenvalue weighted by molar-refractivity contribution is 7.80. The van der Waals surface area contributed by atoms with Crippen LogP contribution in [-0.4, -0.2) is 28.8 Å². The summed E-state index contributed by atoms with van der Waals surface area (Å²) in [6.07, 6.45) is 0.999. The van der Waals surface area contributed by atoms with Crippen LogP contribution in [-0.2, 0) is 11.2 Å². The molecule has 16 heavy (non-hydrogen) atoms. The molecule has 1 heterocycles. The van der Waals surface area contributed by atoms with Gasteiger partial charge in [0, 0.05) is 6.04 Å². The Morgan fingerprint density at radius 3 is 2.69 bits per heavy atom. The molecule has 0 aliphatic carbocycles. The second-order valence-corrected chi connectivity index (χ2v) is 4.77. The second kappa shape index (κ2) is 4.83. The first-order valence-electron chi connectivity index (χ1n) is 5.67. The van der Waals surface area contributed by atoms with Crippen molar-refractivity contribution < 1.29 is 4.74 Å². The standard InChI is InChI=1S/C13H17NOS/c1-10(2)14-12(9-15-13(14)16)8-11-6-4-3-5-7-11/h3-7,10,12H,8-9H2,1-2H3/t12-/m1/s1. The van der Waals surface area contributed by atoms with E-state index in [0.29, 0.717) is 23.9 Å². The Morgan fingerprint density at radius 1 is 1.38 bits per heavy atom. The maximum atomic E-state index is 5.47. The summed E-state index contributed by atoms with van der Waals surface area (Å²) in [6, 6.07) is 11.3. The second-order valence-electron chi connectivity index (χ2n) is 4.42. The van der Waals surface area contributed by atoms with Crippen LogP contribution in [0.4, 0.5) is 0 Å². The van der Waals surface area contributed by atoms with Gasteiger partial charge in [0.2, 0.25) is 0 Å². The molecule has 0 amide bonds. The van der Waals surface area contributed by atoms with Crippen molar-refractivity contribution in [2.45, 2.75) is 32.4 Å². The van der Waals surface area contributed by atoms with Crippen LogP contribution >= 0.6 is 12.2 Å². The first-order chi connectivity index (χ1) is 7.68. The minimum absolute atomic E-state index is 0.384. The van der Waals surface area contributed by atoms with Gasteiger partial charge in [0.25, 0.3) is 5.17 Å². The molecule has 3 heteroatoms. The largest absolute Gasteiger partial charge is 0.469 e. The fraction of sp³-hybridized carbons (Fsp3) is 0.462. The van der Waals surface area contributed by atoms with Crippen LogP contribution in [0.3, 0.4) is 0 Å². The summed E-state index contributed by atoms with van der Waals surface area (Å²) in [5.41, 5.74) is 1.34. The van der Waals surface area contributed by atoms with E-state index in [1.54, 1.807) is 0 Å². The Balaban J connectivity index is 2.07. The summed E-state index contributed by atoms with van der Waals surface area (Å²) >= 11 is 5.21. The Kier molecular flexibility index (Phi) is 3.44. The number of rotatable bonds is 3. The summed E-state index contributed by atoms with van der Waals surface area (Å²) in [5, 5.41) is 0.649. The molecule has 86 valence electrons. The number of thiocarbonyl (C=S) groups is 1. The molecule has 1 atom stereocenters. The van der Waals surface area contributed by atoms with E-state index in [1.807, 2.05) is 6.07 Å². The molecule has 0 unspecified atom stereocenters. The van der Waals surface area contributed by atoms with Crippen LogP contribution in [0.25, 0.3) is 0 Å². The number of hydrogen-bond acceptors (Lipinski definition) is 2. The van der Waals surface area contributed by atoms with Gasteiger partial charge < -0.3 is 9.64 Å². The van der Waals surface area contributed by atoms with E-state index in [4.69, 9.17) is 17.0 Å². The highest BCUT2D eigenvalue weighted by Gasteiger charge is 2.31. The van der Waals surface area contributed by atoms with E-state index in [0.717, 1.165) is 6.42 Å². The third-order valence-electron chi connectivity index (χ3n) is 2.87. The predicted molar refractivity (Wildman–Crippen MR) is 69.5 cm³/mol. The molecule has 1 aromatic carbocycles. The Labute approximate surface area is 102 Å². The van der Waals surface area contributed by atoms with Gasteiger partial charge in [-0.15, -0.1) is 0 Å². The molecular formula is C13H17NOS. The maximum Gasteiger partial charge on any atom is 0.259 e. The molecule has 1 aromatic rings. The predicted octanol–water partition coefficient (Wildman–Crippen LogP) is 2.62. The van der Waals surface area contributed by atoms with E-state index >= 15 is 0 Å². The SMILES string of the molecule is CC(C)N1C(=S)OC[C@H]1Cc1ccccc1. The lowest BCUT2D eigenvalue weighted by atomic mass is 10.1. The average Bonchev–Trinajstić information content (AvgIpc) is 2.61. The van der Waals surface area contributed by atoms with Gasteiger partial charge in [-0.1, -0.05) is 30.3 Å². The number of hydrogen-bond donors (Lipinski definition) is 0. The molecule has 0 radical (unpaired) electrons. The van der Waals surface area contributed by atoms with Gasteiger partial charge in [0.05, 0.1) is 6.04 Å². The minimum Gasteiger partial charge on any atom is -0.469 e. The van der Waals surface area contributed by atoms with Gasteiger partial charge in [-0.05, 0) is 38.0 Å². The van der Waals surface area contributed by atoms with Gasteiger partial charge in [-0.3, -0.25) is 0 Å². The van der Waals surface area contributed by atoms with Crippen molar-refractivity contribution in [3.05, 3.63) is 35.9 Å². The zero-order valence-corrected chi connectivity index (χ0v) is 10.5. The van der Waals surface area contributed by atoms with Crippen molar-refractivity contribution >= 4 is 17.4 Å². The number of nitrogens with zero attached hydrogens (tertiary/aromatic N) is 1. The molecule has 0 saturated carbocycles. The van der Waals surface area contributed by atoms with Crippen LogP contribution in [0, 0.1) is 0 Å². The first-order valence-corrected chi connectivity index (χ1v) is 6.08. The normalized spacial score (nSPS) is 20.3. The summed E-state index contributed by atoms with van der Waals surface area (Å²) in [7, 11) is 0. The third kappa shape index (κ3) is 2.35. The van der Waals surface area contributed by atoms with Crippen molar-refractivity contribution in [2.75, 3.05) is 6.61 Å². The van der Waals surface area contributed by atoms with Gasteiger partial charge in [-0.2, -0.15) is 0 Å². The molecule has 2 rings (SSSR count). The van der Waals surface area contributed by atoms with E-state index in [-0.39, 0.29) is 0 Å². The van der Waals surface area contributed by atoms with Gasteiger partial charge in [-0.25, -0.2) is 0 Å². The smallest absolute Gasteiger partial charge is 0.259 e. The first kappa shape index (κ1) is 11.4. The number of benzene rings is 1. The summed E-state index contributed by atoms with van der Waals surface area (Å²) < 4.78 is 5.47. The third-order valence-corrected chi connectivity index (χ3v) is 3.20. The number of ether oxygens (including phenoxy) is 1. The van der Waals surface area contributed by atoms with Crippen LogP contribution in [0.2, 0.25) is 0 Å².